The zero-order valence-corrected chi connectivity index (χ0v) is 12.8. The molecule has 98 valence electrons. The normalized spacial score (nSPS) is 11.4. The van der Waals surface area contributed by atoms with Crippen molar-refractivity contribution in [3.8, 4) is 0 Å². The fourth-order valence-corrected chi connectivity index (χ4v) is 2.30. The lowest BCUT2D eigenvalue weighted by Gasteiger charge is -2.16. The van der Waals surface area contributed by atoms with Crippen LogP contribution in [0.1, 0.15) is 37.6 Å². The zero-order chi connectivity index (χ0) is 12.7. The minimum atomic E-state index is 0.998. The van der Waals surface area contributed by atoms with Gasteiger partial charge in [-0.1, -0.05) is 29.3 Å². The third-order valence-electron chi connectivity index (χ3n) is 2.99. The maximum atomic E-state index is 4.48. The van der Waals surface area contributed by atoms with Crippen LogP contribution >= 0.6 is 15.9 Å². The Bertz CT molecular complexity index is 322. The van der Waals surface area contributed by atoms with Gasteiger partial charge >= 0.3 is 0 Å². The molecule has 1 aromatic heterocycles. The van der Waals surface area contributed by atoms with E-state index in [1.54, 1.807) is 0 Å². The quantitative estimate of drug-likeness (QED) is 0.544. The van der Waals surface area contributed by atoms with Gasteiger partial charge in [-0.2, -0.15) is 5.10 Å². The van der Waals surface area contributed by atoms with Crippen LogP contribution in [-0.2, 0) is 20.0 Å². The Morgan fingerprint density at radius 3 is 2.71 bits per heavy atom. The molecule has 0 saturated heterocycles. The minimum absolute atomic E-state index is 0.998. The maximum Gasteiger partial charge on any atom is 0.0625 e. The smallest absolute Gasteiger partial charge is 0.0625 e. The van der Waals surface area contributed by atoms with Gasteiger partial charge in [-0.15, -0.1) is 0 Å². The Morgan fingerprint density at radius 1 is 1.35 bits per heavy atom. The van der Waals surface area contributed by atoms with E-state index in [9.17, 15) is 0 Å². The van der Waals surface area contributed by atoms with Crippen LogP contribution in [0.3, 0.4) is 0 Å². The molecule has 0 aliphatic heterocycles. The van der Waals surface area contributed by atoms with Crippen molar-refractivity contribution in [1.82, 2.24) is 14.7 Å². The molecule has 0 aromatic carbocycles. The molecule has 1 aromatic rings. The number of hydrogen-bond donors (Lipinski definition) is 0. The highest BCUT2D eigenvalue weighted by atomic mass is 79.9. The monoisotopic (exact) mass is 301 g/mol. The largest absolute Gasteiger partial charge is 0.301 e. The third kappa shape index (κ3) is 5.21. The average molecular weight is 302 g/mol. The molecule has 0 aliphatic rings. The van der Waals surface area contributed by atoms with Gasteiger partial charge < -0.3 is 4.90 Å². The van der Waals surface area contributed by atoms with Crippen LogP contribution in [0.5, 0.6) is 0 Å². The number of aromatic nitrogens is 2. The number of halogens is 1. The van der Waals surface area contributed by atoms with Crippen molar-refractivity contribution in [2.24, 2.45) is 7.05 Å². The number of alkyl halides is 1. The molecule has 0 radical (unpaired) electrons. The van der Waals surface area contributed by atoms with Crippen molar-refractivity contribution < 1.29 is 0 Å². The van der Waals surface area contributed by atoms with Crippen LogP contribution in [0.25, 0.3) is 0 Å². The summed E-state index contributed by atoms with van der Waals surface area (Å²) in [5.74, 6) is 0. The lowest BCUT2D eigenvalue weighted by molar-refractivity contribution is 0.309. The van der Waals surface area contributed by atoms with E-state index in [4.69, 9.17) is 0 Å². The number of unbranched alkanes of at least 4 members (excludes halogenated alkanes) is 2. The van der Waals surface area contributed by atoms with Gasteiger partial charge in [0, 0.05) is 18.9 Å². The first kappa shape index (κ1) is 14.7. The summed E-state index contributed by atoms with van der Waals surface area (Å²) in [7, 11) is 4.22. The Kier molecular flexibility index (Phi) is 6.82. The second-order valence-electron chi connectivity index (χ2n) is 4.59. The summed E-state index contributed by atoms with van der Waals surface area (Å²) in [4.78, 5) is 2.38. The van der Waals surface area contributed by atoms with Crippen molar-refractivity contribution in [3.05, 3.63) is 17.5 Å². The Hall–Kier alpha value is -0.350. The Labute approximate surface area is 113 Å². The SMILES string of the molecule is CCc1cc(CN(C)CCCCCBr)n(C)n1. The molecular formula is C13H24BrN3. The summed E-state index contributed by atoms with van der Waals surface area (Å²) in [5.41, 5.74) is 2.50. The summed E-state index contributed by atoms with van der Waals surface area (Å²) in [5, 5.41) is 5.60. The molecule has 0 amide bonds. The number of rotatable bonds is 8. The highest BCUT2D eigenvalue weighted by Crippen LogP contribution is 2.08. The predicted molar refractivity (Wildman–Crippen MR) is 76.6 cm³/mol. The van der Waals surface area contributed by atoms with Crippen LogP contribution in [-0.4, -0.2) is 33.6 Å². The third-order valence-corrected chi connectivity index (χ3v) is 3.56. The van der Waals surface area contributed by atoms with Gasteiger partial charge in [0.1, 0.15) is 0 Å². The molecule has 4 heteroatoms. The molecule has 0 unspecified atom stereocenters. The molecule has 0 saturated carbocycles. The van der Waals surface area contributed by atoms with Gasteiger partial charge in [-0.05, 0) is 38.9 Å². The number of nitrogens with zero attached hydrogens (tertiary/aromatic N) is 3. The second kappa shape index (κ2) is 7.88. The molecular weight excluding hydrogens is 278 g/mol. The summed E-state index contributed by atoms with van der Waals surface area (Å²) >= 11 is 3.47. The second-order valence-corrected chi connectivity index (χ2v) is 5.38. The molecule has 17 heavy (non-hydrogen) atoms. The number of aryl methyl sites for hydroxylation is 2. The van der Waals surface area contributed by atoms with E-state index in [1.165, 1.54) is 37.2 Å². The molecule has 0 fully saturated rings. The van der Waals surface area contributed by atoms with Crippen molar-refractivity contribution in [3.63, 3.8) is 0 Å². The molecule has 0 spiro atoms. The first-order valence-corrected chi connectivity index (χ1v) is 7.55. The van der Waals surface area contributed by atoms with Gasteiger partial charge in [-0.25, -0.2) is 0 Å². The van der Waals surface area contributed by atoms with Gasteiger partial charge in [0.05, 0.1) is 11.4 Å². The van der Waals surface area contributed by atoms with E-state index >= 15 is 0 Å². The van der Waals surface area contributed by atoms with Crippen molar-refractivity contribution in [2.75, 3.05) is 18.9 Å². The van der Waals surface area contributed by atoms with E-state index in [0.29, 0.717) is 0 Å². The van der Waals surface area contributed by atoms with Crippen molar-refractivity contribution >= 4 is 15.9 Å². The van der Waals surface area contributed by atoms with Gasteiger partial charge in [0.2, 0.25) is 0 Å². The lowest BCUT2D eigenvalue weighted by atomic mass is 10.2. The standard InChI is InChI=1S/C13H24BrN3/c1-4-12-10-13(17(3)15-12)11-16(2)9-7-5-6-8-14/h10H,4-9,11H2,1-3H3. The summed E-state index contributed by atoms with van der Waals surface area (Å²) in [6.07, 6.45) is 4.88. The van der Waals surface area contributed by atoms with Crippen LogP contribution < -0.4 is 0 Å². The summed E-state index contributed by atoms with van der Waals surface area (Å²) in [6, 6.07) is 2.22. The van der Waals surface area contributed by atoms with Crippen LogP contribution in [0.15, 0.2) is 6.07 Å². The van der Waals surface area contributed by atoms with Crippen molar-refractivity contribution in [1.29, 1.82) is 0 Å². The van der Waals surface area contributed by atoms with Crippen molar-refractivity contribution in [2.45, 2.75) is 39.2 Å². The van der Waals surface area contributed by atoms with Crippen LogP contribution in [0, 0.1) is 0 Å². The molecule has 3 nitrogen and oxygen atoms in total. The Morgan fingerprint density at radius 2 is 2.12 bits per heavy atom. The van der Waals surface area contributed by atoms with E-state index in [2.05, 4.69) is 46.0 Å². The lowest BCUT2D eigenvalue weighted by Crippen LogP contribution is -2.20. The van der Waals surface area contributed by atoms with Gasteiger partial charge in [0.15, 0.2) is 0 Å². The fraction of sp³-hybridized carbons (Fsp3) is 0.769. The van der Waals surface area contributed by atoms with Crippen LogP contribution in [0.4, 0.5) is 0 Å². The molecule has 0 aliphatic carbocycles. The van der Waals surface area contributed by atoms with E-state index in [0.717, 1.165) is 18.3 Å². The molecule has 0 atom stereocenters. The summed E-state index contributed by atoms with van der Waals surface area (Å²) in [6.45, 7) is 4.31. The first-order chi connectivity index (χ1) is 8.17. The number of hydrogen-bond acceptors (Lipinski definition) is 2. The molecule has 1 heterocycles. The fourth-order valence-electron chi connectivity index (χ4n) is 1.90. The minimum Gasteiger partial charge on any atom is -0.301 e. The Balaban J connectivity index is 2.34. The predicted octanol–water partition coefficient (Wildman–Crippen LogP) is 2.98. The average Bonchev–Trinajstić information content (AvgIpc) is 2.66. The highest BCUT2D eigenvalue weighted by molar-refractivity contribution is 9.09. The molecule has 0 bridgehead atoms. The van der Waals surface area contributed by atoms with E-state index in [-0.39, 0.29) is 0 Å². The van der Waals surface area contributed by atoms with E-state index < -0.39 is 0 Å². The van der Waals surface area contributed by atoms with Gasteiger partial charge in [0.25, 0.3) is 0 Å². The zero-order valence-electron chi connectivity index (χ0n) is 11.2. The van der Waals surface area contributed by atoms with E-state index in [1.807, 2.05) is 11.7 Å². The van der Waals surface area contributed by atoms with Gasteiger partial charge in [-0.3, -0.25) is 4.68 Å². The molecule has 1 rings (SSSR count). The topological polar surface area (TPSA) is 21.1 Å². The summed E-state index contributed by atoms with van der Waals surface area (Å²) < 4.78 is 2.01. The highest BCUT2D eigenvalue weighted by Gasteiger charge is 2.06. The van der Waals surface area contributed by atoms with Crippen LogP contribution in [0.2, 0.25) is 0 Å². The first-order valence-electron chi connectivity index (χ1n) is 6.43. The maximum absolute atomic E-state index is 4.48. The molecule has 0 N–H and O–H groups in total.